The highest BCUT2D eigenvalue weighted by molar-refractivity contribution is 5.90. The highest BCUT2D eigenvalue weighted by Crippen LogP contribution is 2.28. The van der Waals surface area contributed by atoms with E-state index in [-0.39, 0.29) is 12.4 Å². The van der Waals surface area contributed by atoms with Crippen molar-refractivity contribution in [1.82, 2.24) is 15.2 Å². The fraction of sp³-hybridized carbons (Fsp3) is 0.261. The van der Waals surface area contributed by atoms with E-state index in [0.717, 1.165) is 48.7 Å². The third-order valence-corrected chi connectivity index (χ3v) is 5.07. The number of hydrogen-bond acceptors (Lipinski definition) is 5. The predicted molar refractivity (Wildman–Crippen MR) is 117 cm³/mol. The van der Waals surface area contributed by atoms with Crippen molar-refractivity contribution in [1.29, 1.82) is 0 Å². The third-order valence-electron chi connectivity index (χ3n) is 5.07. The van der Waals surface area contributed by atoms with Gasteiger partial charge in [-0.2, -0.15) is 10.2 Å². The number of benzene rings is 2. The average molecular weight is 421 g/mol. The molecule has 7 nitrogen and oxygen atoms in total. The highest BCUT2D eigenvalue weighted by Gasteiger charge is 2.23. The minimum absolute atomic E-state index is 0.0259. The molecule has 2 heterocycles. The molecule has 0 spiro atoms. The molecule has 2 aromatic carbocycles. The maximum atomic E-state index is 13.6. The van der Waals surface area contributed by atoms with Crippen molar-refractivity contribution in [3.63, 3.8) is 0 Å². The molecular formula is C23H24FN5O2. The van der Waals surface area contributed by atoms with Crippen molar-refractivity contribution in [3.05, 3.63) is 71.7 Å². The number of anilines is 1. The Hall–Kier alpha value is -3.68. The summed E-state index contributed by atoms with van der Waals surface area (Å²) >= 11 is 0. The molecule has 1 saturated heterocycles. The van der Waals surface area contributed by atoms with Gasteiger partial charge in [0.2, 0.25) is 0 Å². The molecular weight excluding hydrogens is 397 g/mol. The smallest absolute Gasteiger partial charge is 0.277 e. The Kier molecular flexibility index (Phi) is 6.26. The van der Waals surface area contributed by atoms with Crippen molar-refractivity contribution in [3.8, 4) is 11.4 Å². The maximum absolute atomic E-state index is 13.6. The van der Waals surface area contributed by atoms with E-state index < -0.39 is 11.7 Å². The van der Waals surface area contributed by atoms with Crippen LogP contribution < -0.4 is 15.1 Å². The molecule has 1 aliphatic rings. The number of carbonyl (C=O) groups excluding carboxylic acids is 1. The summed E-state index contributed by atoms with van der Waals surface area (Å²) in [5, 5.41) is 8.81. The van der Waals surface area contributed by atoms with Crippen molar-refractivity contribution >= 4 is 17.9 Å². The van der Waals surface area contributed by atoms with Crippen LogP contribution in [0.5, 0.6) is 5.75 Å². The van der Waals surface area contributed by atoms with Gasteiger partial charge in [0, 0.05) is 13.1 Å². The fourth-order valence-electron chi connectivity index (χ4n) is 3.57. The first-order valence-corrected chi connectivity index (χ1v) is 10.2. The highest BCUT2D eigenvalue weighted by atomic mass is 19.1. The van der Waals surface area contributed by atoms with Gasteiger partial charge >= 0.3 is 0 Å². The van der Waals surface area contributed by atoms with Gasteiger partial charge in [0.05, 0.1) is 23.2 Å². The summed E-state index contributed by atoms with van der Waals surface area (Å²) in [6, 6.07) is 15.9. The zero-order chi connectivity index (χ0) is 21.6. The van der Waals surface area contributed by atoms with Crippen LogP contribution in [-0.4, -0.2) is 41.6 Å². The molecule has 1 aliphatic heterocycles. The number of para-hydroxylation sites is 2. The van der Waals surface area contributed by atoms with Gasteiger partial charge in [-0.15, -0.1) is 0 Å². The Bertz CT molecular complexity index is 1070. The lowest BCUT2D eigenvalue weighted by atomic mass is 10.2. The maximum Gasteiger partial charge on any atom is 0.277 e. The summed E-state index contributed by atoms with van der Waals surface area (Å²) < 4.78 is 20.7. The van der Waals surface area contributed by atoms with Gasteiger partial charge < -0.3 is 9.64 Å². The molecule has 1 aromatic heterocycles. The molecule has 0 saturated carbocycles. The lowest BCUT2D eigenvalue weighted by Crippen LogP contribution is -2.25. The van der Waals surface area contributed by atoms with E-state index in [1.807, 2.05) is 41.9 Å². The van der Waals surface area contributed by atoms with E-state index in [1.165, 1.54) is 12.1 Å². The van der Waals surface area contributed by atoms with Crippen LogP contribution in [0.3, 0.4) is 0 Å². The van der Waals surface area contributed by atoms with Gasteiger partial charge in [-0.3, -0.25) is 4.79 Å². The minimum Gasteiger partial charge on any atom is -0.481 e. The van der Waals surface area contributed by atoms with Crippen LogP contribution in [0.4, 0.5) is 10.2 Å². The zero-order valence-electron chi connectivity index (χ0n) is 17.3. The van der Waals surface area contributed by atoms with Gasteiger partial charge in [0.1, 0.15) is 5.82 Å². The number of nitrogens with one attached hydrogen (secondary N) is 1. The van der Waals surface area contributed by atoms with Crippen LogP contribution in [0.1, 0.15) is 24.1 Å². The van der Waals surface area contributed by atoms with Crippen LogP contribution in [0, 0.1) is 12.7 Å². The Morgan fingerprint density at radius 3 is 2.61 bits per heavy atom. The van der Waals surface area contributed by atoms with Gasteiger partial charge in [-0.25, -0.2) is 14.5 Å². The largest absolute Gasteiger partial charge is 0.481 e. The van der Waals surface area contributed by atoms with Gasteiger partial charge in [-0.1, -0.05) is 30.3 Å². The summed E-state index contributed by atoms with van der Waals surface area (Å²) in [5.41, 5.74) is 5.07. The number of amides is 1. The summed E-state index contributed by atoms with van der Waals surface area (Å²) in [5.74, 6) is -0.00641. The standard InChI is InChI=1S/C23H24FN5O2/c1-17-19(15-25-26-22(30)16-31-21-12-6-5-11-20(21)24)23(28-13-7-8-14-28)29(27-17)18-9-3-2-4-10-18/h2-6,9-12,15H,7-8,13-14,16H2,1H3,(H,26,30)/b25-15-. The number of halogens is 1. The van der Waals surface area contributed by atoms with Crippen molar-refractivity contribution in [2.45, 2.75) is 19.8 Å². The third kappa shape index (κ3) is 4.74. The van der Waals surface area contributed by atoms with E-state index in [0.29, 0.717) is 0 Å². The van der Waals surface area contributed by atoms with E-state index in [1.54, 1.807) is 18.3 Å². The van der Waals surface area contributed by atoms with Crippen LogP contribution >= 0.6 is 0 Å². The minimum atomic E-state index is -0.516. The normalized spacial score (nSPS) is 13.7. The topological polar surface area (TPSA) is 71.8 Å². The number of aromatic nitrogens is 2. The summed E-state index contributed by atoms with van der Waals surface area (Å²) in [4.78, 5) is 14.4. The summed E-state index contributed by atoms with van der Waals surface area (Å²) in [6.07, 6.45) is 3.86. The predicted octanol–water partition coefficient (Wildman–Crippen LogP) is 3.45. The van der Waals surface area contributed by atoms with Crippen LogP contribution in [-0.2, 0) is 4.79 Å². The van der Waals surface area contributed by atoms with Crippen LogP contribution in [0.2, 0.25) is 0 Å². The van der Waals surface area contributed by atoms with Crippen molar-refractivity contribution in [2.24, 2.45) is 5.10 Å². The van der Waals surface area contributed by atoms with E-state index >= 15 is 0 Å². The molecule has 1 N–H and O–H groups in total. The molecule has 1 fully saturated rings. The van der Waals surface area contributed by atoms with Gasteiger partial charge in [0.15, 0.2) is 18.2 Å². The first-order valence-electron chi connectivity index (χ1n) is 10.2. The Morgan fingerprint density at radius 1 is 1.16 bits per heavy atom. The molecule has 0 atom stereocenters. The van der Waals surface area contributed by atoms with Crippen LogP contribution in [0.15, 0.2) is 59.7 Å². The van der Waals surface area contributed by atoms with Crippen molar-refractivity contribution in [2.75, 3.05) is 24.6 Å². The lowest BCUT2D eigenvalue weighted by Gasteiger charge is -2.20. The SMILES string of the molecule is Cc1nn(-c2ccccc2)c(N2CCCC2)c1/C=N\NC(=O)COc1ccccc1F. The number of aryl methyl sites for hydroxylation is 1. The molecule has 0 bridgehead atoms. The number of nitrogens with zero attached hydrogens (tertiary/aromatic N) is 4. The van der Waals surface area contributed by atoms with E-state index in [2.05, 4.69) is 15.4 Å². The fourth-order valence-corrected chi connectivity index (χ4v) is 3.57. The molecule has 160 valence electrons. The number of hydrazone groups is 1. The van der Waals surface area contributed by atoms with E-state index in [4.69, 9.17) is 9.84 Å². The quantitative estimate of drug-likeness (QED) is 0.469. The van der Waals surface area contributed by atoms with Crippen molar-refractivity contribution < 1.29 is 13.9 Å². The van der Waals surface area contributed by atoms with Crippen LogP contribution in [0.25, 0.3) is 5.69 Å². The Balaban J connectivity index is 1.50. The molecule has 0 aliphatic carbocycles. The Labute approximate surface area is 180 Å². The number of carbonyl (C=O) groups is 1. The summed E-state index contributed by atoms with van der Waals surface area (Å²) in [6.45, 7) is 3.48. The number of rotatable bonds is 7. The monoisotopic (exact) mass is 421 g/mol. The molecule has 8 heteroatoms. The summed E-state index contributed by atoms with van der Waals surface area (Å²) in [7, 11) is 0. The molecule has 31 heavy (non-hydrogen) atoms. The molecule has 0 unspecified atom stereocenters. The van der Waals surface area contributed by atoms with Gasteiger partial charge in [-0.05, 0) is 44.0 Å². The second-order valence-corrected chi connectivity index (χ2v) is 7.28. The Morgan fingerprint density at radius 2 is 1.87 bits per heavy atom. The number of ether oxygens (including phenoxy) is 1. The average Bonchev–Trinajstić information content (AvgIpc) is 3.42. The molecule has 1 amide bonds. The molecule has 0 radical (unpaired) electrons. The lowest BCUT2D eigenvalue weighted by molar-refractivity contribution is -0.123. The first-order chi connectivity index (χ1) is 15.1. The number of hydrogen-bond donors (Lipinski definition) is 1. The second-order valence-electron chi connectivity index (χ2n) is 7.28. The van der Waals surface area contributed by atoms with Gasteiger partial charge in [0.25, 0.3) is 5.91 Å². The second kappa shape index (κ2) is 9.42. The zero-order valence-corrected chi connectivity index (χ0v) is 17.3. The van der Waals surface area contributed by atoms with E-state index in [9.17, 15) is 9.18 Å². The molecule has 3 aromatic rings. The molecule has 4 rings (SSSR count). The first kappa shape index (κ1) is 20.6.